The van der Waals surface area contributed by atoms with Gasteiger partial charge in [0.2, 0.25) is 0 Å². The Balaban J connectivity index is 1.70. The van der Waals surface area contributed by atoms with Crippen LogP contribution in [0.1, 0.15) is 29.8 Å². The van der Waals surface area contributed by atoms with E-state index < -0.39 is 0 Å². The molecule has 0 aliphatic carbocycles. The van der Waals surface area contributed by atoms with Crippen molar-refractivity contribution in [1.82, 2.24) is 19.9 Å². The van der Waals surface area contributed by atoms with Gasteiger partial charge in [-0.3, -0.25) is 0 Å². The number of hydrogen-bond donors (Lipinski definition) is 1. The summed E-state index contributed by atoms with van der Waals surface area (Å²) in [7, 11) is 0. The normalized spacial score (nSPS) is 12.7. The molecule has 108 valence electrons. The second-order valence-corrected chi connectivity index (χ2v) is 5.21. The monoisotopic (exact) mass is 284 g/mol. The van der Waals surface area contributed by atoms with Crippen molar-refractivity contribution in [2.24, 2.45) is 0 Å². The SMILES string of the molecule is Cc1cc2ncc(CN[C@H](C)c3cccc(F)c3)cn2n1. The van der Waals surface area contributed by atoms with Crippen molar-refractivity contribution in [3.05, 3.63) is 65.4 Å². The summed E-state index contributed by atoms with van der Waals surface area (Å²) in [6.07, 6.45) is 3.79. The molecule has 0 aliphatic heterocycles. The van der Waals surface area contributed by atoms with E-state index in [9.17, 15) is 4.39 Å². The van der Waals surface area contributed by atoms with Crippen LogP contribution in [0.15, 0.2) is 42.7 Å². The molecular formula is C16H17FN4. The Hall–Kier alpha value is -2.27. The molecular weight excluding hydrogens is 267 g/mol. The molecule has 4 nitrogen and oxygen atoms in total. The van der Waals surface area contributed by atoms with E-state index >= 15 is 0 Å². The third kappa shape index (κ3) is 3.08. The van der Waals surface area contributed by atoms with E-state index in [2.05, 4.69) is 15.4 Å². The van der Waals surface area contributed by atoms with Gasteiger partial charge in [-0.05, 0) is 31.5 Å². The Kier molecular flexibility index (Phi) is 3.66. The molecule has 1 N–H and O–H groups in total. The molecule has 0 saturated heterocycles. The number of benzene rings is 1. The molecule has 2 aromatic heterocycles. The second kappa shape index (κ2) is 5.61. The first-order chi connectivity index (χ1) is 10.1. The van der Waals surface area contributed by atoms with Crippen molar-refractivity contribution in [3.8, 4) is 0 Å². The lowest BCUT2D eigenvalue weighted by atomic mass is 10.1. The maximum Gasteiger partial charge on any atom is 0.155 e. The first-order valence-electron chi connectivity index (χ1n) is 6.91. The molecule has 21 heavy (non-hydrogen) atoms. The van der Waals surface area contributed by atoms with Gasteiger partial charge in [-0.1, -0.05) is 12.1 Å². The number of aryl methyl sites for hydroxylation is 1. The summed E-state index contributed by atoms with van der Waals surface area (Å²) in [4.78, 5) is 4.37. The predicted molar refractivity (Wildman–Crippen MR) is 79.4 cm³/mol. The molecule has 0 spiro atoms. The largest absolute Gasteiger partial charge is 0.306 e. The molecule has 0 saturated carbocycles. The third-order valence-corrected chi connectivity index (χ3v) is 3.45. The van der Waals surface area contributed by atoms with Crippen LogP contribution in [0.5, 0.6) is 0 Å². The van der Waals surface area contributed by atoms with Gasteiger partial charge in [0, 0.05) is 36.6 Å². The number of aromatic nitrogens is 3. The van der Waals surface area contributed by atoms with Gasteiger partial charge in [0.1, 0.15) is 5.82 Å². The van der Waals surface area contributed by atoms with Crippen LogP contribution in [0.4, 0.5) is 4.39 Å². The summed E-state index contributed by atoms with van der Waals surface area (Å²) in [5.74, 6) is -0.212. The van der Waals surface area contributed by atoms with Crippen molar-refractivity contribution in [1.29, 1.82) is 0 Å². The molecule has 3 aromatic rings. The van der Waals surface area contributed by atoms with E-state index in [4.69, 9.17) is 0 Å². The van der Waals surface area contributed by atoms with E-state index in [0.717, 1.165) is 22.5 Å². The topological polar surface area (TPSA) is 42.2 Å². The number of nitrogens with zero attached hydrogens (tertiary/aromatic N) is 3. The lowest BCUT2D eigenvalue weighted by Gasteiger charge is -2.14. The molecule has 1 aromatic carbocycles. The maximum absolute atomic E-state index is 13.2. The smallest absolute Gasteiger partial charge is 0.155 e. The molecule has 0 unspecified atom stereocenters. The minimum atomic E-state index is -0.212. The number of nitrogens with one attached hydrogen (secondary N) is 1. The highest BCUT2D eigenvalue weighted by Gasteiger charge is 2.07. The quantitative estimate of drug-likeness (QED) is 0.800. The van der Waals surface area contributed by atoms with Crippen molar-refractivity contribution in [3.63, 3.8) is 0 Å². The first kappa shape index (κ1) is 13.7. The summed E-state index contributed by atoms with van der Waals surface area (Å²) < 4.78 is 15.0. The van der Waals surface area contributed by atoms with Crippen LogP contribution >= 0.6 is 0 Å². The average Bonchev–Trinajstić information content (AvgIpc) is 2.84. The van der Waals surface area contributed by atoms with Crippen molar-refractivity contribution in [2.45, 2.75) is 26.4 Å². The van der Waals surface area contributed by atoms with E-state index in [1.807, 2.05) is 38.4 Å². The lowest BCUT2D eigenvalue weighted by molar-refractivity contribution is 0.563. The highest BCUT2D eigenvalue weighted by atomic mass is 19.1. The fraction of sp³-hybridized carbons (Fsp3) is 0.250. The maximum atomic E-state index is 13.2. The third-order valence-electron chi connectivity index (χ3n) is 3.45. The van der Waals surface area contributed by atoms with Gasteiger partial charge in [0.15, 0.2) is 5.65 Å². The number of rotatable bonds is 4. The number of halogens is 1. The molecule has 0 fully saturated rings. The van der Waals surface area contributed by atoms with Crippen LogP contribution in [0.2, 0.25) is 0 Å². The van der Waals surface area contributed by atoms with Crippen LogP contribution in [-0.2, 0) is 6.54 Å². The van der Waals surface area contributed by atoms with Crippen LogP contribution in [-0.4, -0.2) is 14.6 Å². The van der Waals surface area contributed by atoms with E-state index in [1.54, 1.807) is 16.6 Å². The molecule has 0 amide bonds. The van der Waals surface area contributed by atoms with Gasteiger partial charge in [-0.15, -0.1) is 0 Å². The summed E-state index contributed by atoms with van der Waals surface area (Å²) in [5.41, 5.74) is 3.75. The summed E-state index contributed by atoms with van der Waals surface area (Å²) in [5, 5.41) is 7.71. The molecule has 5 heteroatoms. The molecule has 2 heterocycles. The predicted octanol–water partition coefficient (Wildman–Crippen LogP) is 3.03. The van der Waals surface area contributed by atoms with Crippen LogP contribution in [0.25, 0.3) is 5.65 Å². The van der Waals surface area contributed by atoms with Gasteiger partial charge in [-0.25, -0.2) is 13.9 Å². The zero-order valence-corrected chi connectivity index (χ0v) is 12.0. The molecule has 0 aliphatic rings. The minimum absolute atomic E-state index is 0.0655. The van der Waals surface area contributed by atoms with Crippen LogP contribution in [0.3, 0.4) is 0 Å². The average molecular weight is 284 g/mol. The Morgan fingerprint density at radius 1 is 1.33 bits per heavy atom. The fourth-order valence-electron chi connectivity index (χ4n) is 2.29. The Labute approximate surface area is 122 Å². The Morgan fingerprint density at radius 3 is 3.00 bits per heavy atom. The molecule has 3 rings (SSSR count). The minimum Gasteiger partial charge on any atom is -0.306 e. The van der Waals surface area contributed by atoms with Crippen LogP contribution in [0, 0.1) is 12.7 Å². The molecule has 1 atom stereocenters. The number of fused-ring (bicyclic) bond motifs is 1. The summed E-state index contributed by atoms with van der Waals surface area (Å²) >= 11 is 0. The van der Waals surface area contributed by atoms with Gasteiger partial charge >= 0.3 is 0 Å². The van der Waals surface area contributed by atoms with Gasteiger partial charge in [-0.2, -0.15) is 5.10 Å². The molecule has 0 radical (unpaired) electrons. The summed E-state index contributed by atoms with van der Waals surface area (Å²) in [6, 6.07) is 8.65. The standard InChI is InChI=1S/C16H17FN4/c1-11-6-16-19-9-13(10-21(16)20-11)8-18-12(2)14-4-3-5-15(17)7-14/h3-7,9-10,12,18H,8H2,1-2H3/t12-/m1/s1. The van der Waals surface area contributed by atoms with Gasteiger partial charge in [0.05, 0.1) is 5.69 Å². The number of hydrogen-bond acceptors (Lipinski definition) is 3. The van der Waals surface area contributed by atoms with Crippen molar-refractivity contribution < 1.29 is 4.39 Å². The first-order valence-corrected chi connectivity index (χ1v) is 6.91. The highest BCUT2D eigenvalue weighted by Crippen LogP contribution is 2.14. The lowest BCUT2D eigenvalue weighted by Crippen LogP contribution is -2.18. The highest BCUT2D eigenvalue weighted by molar-refractivity contribution is 5.38. The Morgan fingerprint density at radius 2 is 2.19 bits per heavy atom. The summed E-state index contributed by atoms with van der Waals surface area (Å²) in [6.45, 7) is 4.61. The zero-order chi connectivity index (χ0) is 14.8. The van der Waals surface area contributed by atoms with Crippen molar-refractivity contribution >= 4 is 5.65 Å². The second-order valence-electron chi connectivity index (χ2n) is 5.21. The fourth-order valence-corrected chi connectivity index (χ4v) is 2.29. The molecule has 0 bridgehead atoms. The van der Waals surface area contributed by atoms with E-state index in [1.165, 1.54) is 6.07 Å². The van der Waals surface area contributed by atoms with Crippen LogP contribution < -0.4 is 5.32 Å². The van der Waals surface area contributed by atoms with E-state index in [-0.39, 0.29) is 11.9 Å². The zero-order valence-electron chi connectivity index (χ0n) is 12.0. The van der Waals surface area contributed by atoms with Gasteiger partial charge < -0.3 is 5.32 Å². The Bertz CT molecular complexity index is 766. The van der Waals surface area contributed by atoms with Gasteiger partial charge in [0.25, 0.3) is 0 Å². The van der Waals surface area contributed by atoms with E-state index in [0.29, 0.717) is 6.54 Å². The van der Waals surface area contributed by atoms with Crippen molar-refractivity contribution in [2.75, 3.05) is 0 Å².